The summed E-state index contributed by atoms with van der Waals surface area (Å²) in [4.78, 5) is 10.4. The Balaban J connectivity index is 2.49. The molecule has 0 aromatic rings. The third-order valence-corrected chi connectivity index (χ3v) is 2.19. The Hall–Kier alpha value is -0.570. The van der Waals surface area contributed by atoms with Gasteiger partial charge in [0, 0.05) is 0 Å². The lowest BCUT2D eigenvalue weighted by Crippen LogP contribution is -2.10. The first kappa shape index (κ1) is 7.54. The number of aliphatic hydroxyl groups excluding tert-OH is 1. The second kappa shape index (κ2) is 2.58. The van der Waals surface area contributed by atoms with Crippen LogP contribution in [0, 0.1) is 11.8 Å². The molecule has 0 aliphatic heterocycles. The van der Waals surface area contributed by atoms with Gasteiger partial charge in [-0.3, -0.25) is 4.79 Å². The first-order chi connectivity index (χ1) is 4.61. The molecule has 0 unspecified atom stereocenters. The molecule has 1 saturated carbocycles. The maximum absolute atomic E-state index is 10.4. The molecule has 1 aliphatic carbocycles. The van der Waals surface area contributed by atoms with E-state index in [-0.39, 0.29) is 11.8 Å². The monoisotopic (exact) mass is 144 g/mol. The summed E-state index contributed by atoms with van der Waals surface area (Å²) >= 11 is 0. The predicted molar refractivity (Wildman–Crippen MR) is 35.5 cm³/mol. The summed E-state index contributed by atoms with van der Waals surface area (Å²) in [5.41, 5.74) is 0. The zero-order chi connectivity index (χ0) is 7.72. The zero-order valence-corrected chi connectivity index (χ0v) is 5.95. The third kappa shape index (κ3) is 1.29. The van der Waals surface area contributed by atoms with Gasteiger partial charge in [0.1, 0.15) is 0 Å². The summed E-state index contributed by atoms with van der Waals surface area (Å²) < 4.78 is 0. The molecule has 3 nitrogen and oxygen atoms in total. The Morgan fingerprint density at radius 1 is 1.50 bits per heavy atom. The van der Waals surface area contributed by atoms with Gasteiger partial charge in [0.2, 0.25) is 0 Å². The standard InChI is InChI=1S/C7H12O3/c1-4-2-5(7(9)10)3-6(4)8/h4-6,8H,2-3H2,1H3,(H,9,10)/t4-,5+,6-/m0/s1. The second-order valence-corrected chi connectivity index (χ2v) is 3.05. The van der Waals surface area contributed by atoms with Crippen LogP contribution in [0.5, 0.6) is 0 Å². The summed E-state index contributed by atoms with van der Waals surface area (Å²) in [7, 11) is 0. The van der Waals surface area contributed by atoms with E-state index in [0.717, 1.165) is 0 Å². The average Bonchev–Trinajstić information content (AvgIpc) is 2.13. The maximum atomic E-state index is 10.4. The van der Waals surface area contributed by atoms with Crippen molar-refractivity contribution in [2.75, 3.05) is 0 Å². The Labute approximate surface area is 59.7 Å². The van der Waals surface area contributed by atoms with Crippen LogP contribution in [0.2, 0.25) is 0 Å². The molecule has 1 rings (SSSR count). The maximum Gasteiger partial charge on any atom is 0.306 e. The number of rotatable bonds is 1. The molecule has 1 fully saturated rings. The SMILES string of the molecule is C[C@H]1C[C@@H](C(=O)O)C[C@@H]1O. The number of carboxylic acid groups (broad SMARTS) is 1. The smallest absolute Gasteiger partial charge is 0.306 e. The summed E-state index contributed by atoms with van der Waals surface area (Å²) in [5, 5.41) is 17.7. The summed E-state index contributed by atoms with van der Waals surface area (Å²) in [6, 6.07) is 0. The lowest BCUT2D eigenvalue weighted by atomic mass is 10.1. The Bertz CT molecular complexity index is 134. The highest BCUT2D eigenvalue weighted by Gasteiger charge is 2.33. The van der Waals surface area contributed by atoms with Crippen molar-refractivity contribution in [2.45, 2.75) is 25.9 Å². The van der Waals surface area contributed by atoms with E-state index in [1.807, 2.05) is 6.92 Å². The summed E-state index contributed by atoms with van der Waals surface area (Å²) in [6.07, 6.45) is 0.647. The van der Waals surface area contributed by atoms with E-state index in [0.29, 0.717) is 12.8 Å². The van der Waals surface area contributed by atoms with Gasteiger partial charge in [-0.1, -0.05) is 6.92 Å². The molecular formula is C7H12O3. The lowest BCUT2D eigenvalue weighted by Gasteiger charge is -2.03. The van der Waals surface area contributed by atoms with Gasteiger partial charge in [0.15, 0.2) is 0 Å². The fourth-order valence-corrected chi connectivity index (χ4v) is 1.43. The highest BCUT2D eigenvalue weighted by molar-refractivity contribution is 5.70. The number of carbonyl (C=O) groups is 1. The molecule has 58 valence electrons. The van der Waals surface area contributed by atoms with Crippen molar-refractivity contribution >= 4 is 5.97 Å². The summed E-state index contributed by atoms with van der Waals surface area (Å²) in [5.74, 6) is -0.936. The van der Waals surface area contributed by atoms with Gasteiger partial charge in [-0.25, -0.2) is 0 Å². The molecule has 3 atom stereocenters. The predicted octanol–water partition coefficient (Wildman–Crippen LogP) is 0.478. The van der Waals surface area contributed by atoms with Crippen molar-refractivity contribution in [3.63, 3.8) is 0 Å². The van der Waals surface area contributed by atoms with E-state index in [1.165, 1.54) is 0 Å². The van der Waals surface area contributed by atoms with Gasteiger partial charge in [0.25, 0.3) is 0 Å². The van der Waals surface area contributed by atoms with Gasteiger partial charge in [0.05, 0.1) is 12.0 Å². The minimum absolute atomic E-state index is 0.154. The molecule has 0 aromatic carbocycles. The first-order valence-electron chi connectivity index (χ1n) is 3.52. The van der Waals surface area contributed by atoms with E-state index in [4.69, 9.17) is 10.2 Å². The van der Waals surface area contributed by atoms with Gasteiger partial charge < -0.3 is 10.2 Å². The fraction of sp³-hybridized carbons (Fsp3) is 0.857. The number of hydrogen-bond donors (Lipinski definition) is 2. The second-order valence-electron chi connectivity index (χ2n) is 3.05. The minimum atomic E-state index is -0.775. The Morgan fingerprint density at radius 2 is 2.10 bits per heavy atom. The molecule has 10 heavy (non-hydrogen) atoms. The van der Waals surface area contributed by atoms with E-state index in [1.54, 1.807) is 0 Å². The van der Waals surface area contributed by atoms with Crippen LogP contribution in [0.1, 0.15) is 19.8 Å². The molecule has 0 amide bonds. The molecule has 1 aliphatic rings. The molecule has 0 saturated heterocycles. The number of hydrogen-bond acceptors (Lipinski definition) is 2. The van der Waals surface area contributed by atoms with Crippen LogP contribution in [0.25, 0.3) is 0 Å². The normalized spacial score (nSPS) is 40.0. The lowest BCUT2D eigenvalue weighted by molar-refractivity contribution is -0.141. The average molecular weight is 144 g/mol. The summed E-state index contributed by atoms with van der Waals surface area (Å²) in [6.45, 7) is 1.88. The molecule has 2 N–H and O–H groups in total. The highest BCUT2D eigenvalue weighted by atomic mass is 16.4. The number of aliphatic carboxylic acids is 1. The van der Waals surface area contributed by atoms with Crippen LogP contribution >= 0.6 is 0 Å². The van der Waals surface area contributed by atoms with Crippen LogP contribution in [0.15, 0.2) is 0 Å². The van der Waals surface area contributed by atoms with Crippen LogP contribution in [0.3, 0.4) is 0 Å². The van der Waals surface area contributed by atoms with Crippen LogP contribution in [-0.4, -0.2) is 22.3 Å². The van der Waals surface area contributed by atoms with Crippen LogP contribution < -0.4 is 0 Å². The van der Waals surface area contributed by atoms with Gasteiger partial charge >= 0.3 is 5.97 Å². The zero-order valence-electron chi connectivity index (χ0n) is 5.95. The first-order valence-corrected chi connectivity index (χ1v) is 3.52. The van der Waals surface area contributed by atoms with Crippen molar-refractivity contribution in [1.29, 1.82) is 0 Å². The molecular weight excluding hydrogens is 132 g/mol. The quantitative estimate of drug-likeness (QED) is 0.562. The van der Waals surface area contributed by atoms with Gasteiger partial charge in [-0.2, -0.15) is 0 Å². The van der Waals surface area contributed by atoms with Crippen LogP contribution in [0.4, 0.5) is 0 Å². The van der Waals surface area contributed by atoms with E-state index in [2.05, 4.69) is 0 Å². The van der Waals surface area contributed by atoms with E-state index >= 15 is 0 Å². The van der Waals surface area contributed by atoms with Crippen molar-refractivity contribution in [2.24, 2.45) is 11.8 Å². The molecule has 0 bridgehead atoms. The number of aliphatic hydroxyl groups is 1. The Kier molecular flexibility index (Phi) is 1.94. The largest absolute Gasteiger partial charge is 0.481 e. The molecule has 3 heteroatoms. The minimum Gasteiger partial charge on any atom is -0.481 e. The highest BCUT2D eigenvalue weighted by Crippen LogP contribution is 2.30. The van der Waals surface area contributed by atoms with E-state index < -0.39 is 12.1 Å². The number of carboxylic acids is 1. The van der Waals surface area contributed by atoms with Crippen molar-refractivity contribution in [1.82, 2.24) is 0 Å². The van der Waals surface area contributed by atoms with E-state index in [9.17, 15) is 4.79 Å². The molecule has 0 spiro atoms. The van der Waals surface area contributed by atoms with Crippen molar-refractivity contribution in [3.05, 3.63) is 0 Å². The fourth-order valence-electron chi connectivity index (χ4n) is 1.43. The van der Waals surface area contributed by atoms with Gasteiger partial charge in [-0.15, -0.1) is 0 Å². The topological polar surface area (TPSA) is 57.5 Å². The van der Waals surface area contributed by atoms with Crippen LogP contribution in [-0.2, 0) is 4.79 Å². The van der Waals surface area contributed by atoms with Crippen molar-refractivity contribution in [3.8, 4) is 0 Å². The van der Waals surface area contributed by atoms with Gasteiger partial charge in [-0.05, 0) is 18.8 Å². The molecule has 0 aromatic heterocycles. The molecule has 0 radical (unpaired) electrons. The van der Waals surface area contributed by atoms with Crippen molar-refractivity contribution < 1.29 is 15.0 Å². The Morgan fingerprint density at radius 3 is 2.30 bits per heavy atom. The molecule has 0 heterocycles. The third-order valence-electron chi connectivity index (χ3n) is 2.19.